The third-order valence-corrected chi connectivity index (χ3v) is 6.92. The predicted molar refractivity (Wildman–Crippen MR) is 133 cm³/mol. The van der Waals surface area contributed by atoms with Crippen molar-refractivity contribution in [3.63, 3.8) is 0 Å². The highest BCUT2D eigenvalue weighted by Gasteiger charge is 2.36. The van der Waals surface area contributed by atoms with Crippen molar-refractivity contribution in [2.75, 3.05) is 39.1 Å². The van der Waals surface area contributed by atoms with E-state index in [2.05, 4.69) is 73.3 Å². The molecule has 0 aromatic heterocycles. The predicted octanol–water partition coefficient (Wildman–Crippen LogP) is 5.74. The fourth-order valence-corrected chi connectivity index (χ4v) is 5.22. The van der Waals surface area contributed by atoms with Crippen LogP contribution in [0.5, 0.6) is 0 Å². The number of nitrogens with zero attached hydrogens (tertiary/aromatic N) is 3. The van der Waals surface area contributed by atoms with Gasteiger partial charge >= 0.3 is 0 Å². The van der Waals surface area contributed by atoms with Crippen LogP contribution in [-0.4, -0.2) is 49.9 Å². The molecule has 4 nitrogen and oxygen atoms in total. The molecule has 2 atom stereocenters. The molecule has 4 rings (SSSR count). The summed E-state index contributed by atoms with van der Waals surface area (Å²) in [5.74, 6) is 0.862. The van der Waals surface area contributed by atoms with Crippen LogP contribution in [0.1, 0.15) is 61.0 Å². The van der Waals surface area contributed by atoms with Crippen molar-refractivity contribution in [3.05, 3.63) is 77.0 Å². The van der Waals surface area contributed by atoms with Gasteiger partial charge < -0.3 is 14.7 Å². The Morgan fingerprint density at radius 3 is 2.53 bits per heavy atom. The molecule has 0 fully saturated rings. The Labute approximate surface area is 193 Å². The van der Waals surface area contributed by atoms with Gasteiger partial charge in [-0.1, -0.05) is 43.3 Å². The fraction of sp³-hybridized carbons (Fsp3) is 0.464. The van der Waals surface area contributed by atoms with Crippen LogP contribution < -0.4 is 4.90 Å². The molecule has 1 heterocycles. The second-order valence-corrected chi connectivity index (χ2v) is 9.83. The largest absolute Gasteiger partial charge is 0.342 e. The van der Waals surface area contributed by atoms with Crippen molar-refractivity contribution in [2.45, 2.75) is 45.1 Å². The minimum Gasteiger partial charge on any atom is -0.342 e. The first-order valence-electron chi connectivity index (χ1n) is 12.0. The van der Waals surface area contributed by atoms with Crippen LogP contribution in [-0.2, 0) is 0 Å². The van der Waals surface area contributed by atoms with Gasteiger partial charge in [-0.15, -0.1) is 0 Å². The maximum absolute atomic E-state index is 13.1. The summed E-state index contributed by atoms with van der Waals surface area (Å²) >= 11 is 0. The van der Waals surface area contributed by atoms with Gasteiger partial charge in [-0.2, -0.15) is 0 Å². The molecule has 1 amide bonds. The molecule has 0 spiro atoms. The number of rotatable bonds is 7. The lowest BCUT2D eigenvalue weighted by atomic mass is 9.87. The highest BCUT2D eigenvalue weighted by Crippen LogP contribution is 2.48. The van der Waals surface area contributed by atoms with Crippen molar-refractivity contribution < 1.29 is 4.79 Å². The van der Waals surface area contributed by atoms with E-state index in [0.717, 1.165) is 49.5 Å². The maximum Gasteiger partial charge on any atom is 0.253 e. The molecule has 2 aromatic carbocycles. The third kappa shape index (κ3) is 4.91. The smallest absolute Gasteiger partial charge is 0.253 e. The van der Waals surface area contributed by atoms with E-state index in [-0.39, 0.29) is 5.91 Å². The molecular weight excluding hydrogens is 394 g/mol. The number of amides is 1. The molecular formula is C28H37N3O. The van der Waals surface area contributed by atoms with Gasteiger partial charge in [-0.3, -0.25) is 4.79 Å². The third-order valence-electron chi connectivity index (χ3n) is 6.92. The number of carbonyl (C=O) groups excluding carboxylic acids is 1. The summed E-state index contributed by atoms with van der Waals surface area (Å²) in [6.07, 6.45) is 5.63. The molecule has 2 unspecified atom stereocenters. The zero-order valence-electron chi connectivity index (χ0n) is 20.1. The zero-order valence-corrected chi connectivity index (χ0v) is 20.1. The van der Waals surface area contributed by atoms with Crippen molar-refractivity contribution in [1.82, 2.24) is 9.80 Å². The molecule has 0 N–H and O–H groups in total. The lowest BCUT2D eigenvalue weighted by Crippen LogP contribution is -2.30. The monoisotopic (exact) mass is 431 g/mol. The van der Waals surface area contributed by atoms with E-state index in [1.54, 1.807) is 5.57 Å². The van der Waals surface area contributed by atoms with Crippen molar-refractivity contribution >= 4 is 11.6 Å². The van der Waals surface area contributed by atoms with Crippen molar-refractivity contribution in [1.29, 1.82) is 0 Å². The number of carbonyl (C=O) groups is 1. The topological polar surface area (TPSA) is 26.8 Å². The Morgan fingerprint density at radius 1 is 1.00 bits per heavy atom. The van der Waals surface area contributed by atoms with E-state index in [1.165, 1.54) is 24.1 Å². The summed E-state index contributed by atoms with van der Waals surface area (Å²) in [5, 5.41) is 0. The average Bonchev–Trinajstić information content (AvgIpc) is 3.17. The number of benzene rings is 2. The normalized spacial score (nSPS) is 20.6. The van der Waals surface area contributed by atoms with E-state index in [1.807, 2.05) is 24.1 Å². The summed E-state index contributed by atoms with van der Waals surface area (Å²) in [6, 6.07) is 19.4. The Bertz CT molecular complexity index is 966. The summed E-state index contributed by atoms with van der Waals surface area (Å²) in [4.78, 5) is 19.7. The fourth-order valence-electron chi connectivity index (χ4n) is 5.22. The van der Waals surface area contributed by atoms with E-state index in [9.17, 15) is 4.79 Å². The highest BCUT2D eigenvalue weighted by molar-refractivity contribution is 5.95. The highest BCUT2D eigenvalue weighted by atomic mass is 16.2. The first-order valence-corrected chi connectivity index (χ1v) is 12.0. The summed E-state index contributed by atoms with van der Waals surface area (Å²) < 4.78 is 0. The minimum atomic E-state index is 0.104. The first-order chi connectivity index (χ1) is 15.4. The number of allylic oxidation sites excluding steroid dienone is 1. The molecule has 0 radical (unpaired) electrons. The molecule has 4 heteroatoms. The van der Waals surface area contributed by atoms with Crippen LogP contribution in [0.3, 0.4) is 0 Å². The van der Waals surface area contributed by atoms with E-state index in [0.29, 0.717) is 6.04 Å². The second-order valence-electron chi connectivity index (χ2n) is 9.83. The molecule has 1 aliphatic carbocycles. The second kappa shape index (κ2) is 9.91. The van der Waals surface area contributed by atoms with Crippen LogP contribution in [0, 0.1) is 5.92 Å². The van der Waals surface area contributed by atoms with E-state index < -0.39 is 0 Å². The summed E-state index contributed by atoms with van der Waals surface area (Å²) in [6.45, 7) is 4.12. The lowest BCUT2D eigenvalue weighted by molar-refractivity contribution is 0.0790. The Morgan fingerprint density at radius 2 is 1.78 bits per heavy atom. The molecule has 1 aliphatic heterocycles. The van der Waals surface area contributed by atoms with Gasteiger partial charge in [0.05, 0.1) is 6.04 Å². The van der Waals surface area contributed by atoms with Crippen molar-refractivity contribution in [3.8, 4) is 0 Å². The van der Waals surface area contributed by atoms with Crippen LogP contribution in [0.2, 0.25) is 0 Å². The van der Waals surface area contributed by atoms with Gasteiger partial charge in [-0.05, 0) is 88.0 Å². The number of anilines is 1. The Kier molecular flexibility index (Phi) is 7.00. The Balaban J connectivity index is 1.61. The lowest BCUT2D eigenvalue weighted by Gasteiger charge is -2.32. The van der Waals surface area contributed by atoms with Crippen LogP contribution in [0.4, 0.5) is 5.69 Å². The molecule has 2 aromatic rings. The standard InChI is InChI=1S/C28H37N3O/c1-21-14-15-26-24(18-21)20-27(22-10-6-5-7-11-22)31(26)25-13-8-12-23(19-25)28(32)30(4)17-9-16-29(2)3/h5-8,10-13,19,21,27H,9,14-18,20H2,1-4H3. The van der Waals surface area contributed by atoms with Gasteiger partial charge in [0, 0.05) is 30.5 Å². The Hall–Kier alpha value is -2.59. The molecule has 32 heavy (non-hydrogen) atoms. The molecule has 170 valence electrons. The van der Waals surface area contributed by atoms with Gasteiger partial charge in [0.15, 0.2) is 0 Å². The van der Waals surface area contributed by atoms with Crippen LogP contribution >= 0.6 is 0 Å². The van der Waals surface area contributed by atoms with Gasteiger partial charge in [0.2, 0.25) is 0 Å². The molecule has 0 saturated carbocycles. The average molecular weight is 432 g/mol. The minimum absolute atomic E-state index is 0.104. The zero-order chi connectivity index (χ0) is 22.7. The molecule has 0 saturated heterocycles. The first kappa shape index (κ1) is 22.6. The van der Waals surface area contributed by atoms with Crippen LogP contribution in [0.15, 0.2) is 65.9 Å². The number of hydrogen-bond acceptors (Lipinski definition) is 3. The van der Waals surface area contributed by atoms with E-state index in [4.69, 9.17) is 0 Å². The quantitative estimate of drug-likeness (QED) is 0.560. The van der Waals surface area contributed by atoms with Gasteiger partial charge in [0.1, 0.15) is 0 Å². The van der Waals surface area contributed by atoms with Crippen LogP contribution in [0.25, 0.3) is 0 Å². The summed E-state index contributed by atoms with van der Waals surface area (Å²) in [7, 11) is 6.05. The number of hydrogen-bond donors (Lipinski definition) is 0. The van der Waals surface area contributed by atoms with E-state index >= 15 is 0 Å². The SMILES string of the molecule is CC1CCC2=C(C1)CC(c1ccccc1)N2c1cccc(C(=O)N(C)CCCN(C)C)c1. The summed E-state index contributed by atoms with van der Waals surface area (Å²) in [5.41, 5.74) is 6.37. The molecule has 2 aliphatic rings. The van der Waals surface area contributed by atoms with Crippen molar-refractivity contribution in [2.24, 2.45) is 5.92 Å². The maximum atomic E-state index is 13.1. The van der Waals surface area contributed by atoms with Gasteiger partial charge in [-0.25, -0.2) is 0 Å². The van der Waals surface area contributed by atoms with Gasteiger partial charge in [0.25, 0.3) is 5.91 Å². The molecule has 0 bridgehead atoms.